The van der Waals surface area contributed by atoms with Crippen LogP contribution in [0.2, 0.25) is 0 Å². The second-order valence-corrected chi connectivity index (χ2v) is 9.30. The van der Waals surface area contributed by atoms with Gasteiger partial charge in [-0.25, -0.2) is 8.42 Å². The summed E-state index contributed by atoms with van der Waals surface area (Å²) in [5.41, 5.74) is 0. The number of rotatable bonds is 7. The van der Waals surface area contributed by atoms with E-state index in [0.29, 0.717) is 11.3 Å². The summed E-state index contributed by atoms with van der Waals surface area (Å²) >= 11 is 1.57. The van der Waals surface area contributed by atoms with Gasteiger partial charge in [-0.2, -0.15) is 5.26 Å². The van der Waals surface area contributed by atoms with Crippen LogP contribution in [0.25, 0.3) is 0 Å². The number of benzene rings is 1. The van der Waals surface area contributed by atoms with Crippen molar-refractivity contribution in [1.82, 2.24) is 5.32 Å². The molecule has 5 nitrogen and oxygen atoms in total. The van der Waals surface area contributed by atoms with Gasteiger partial charge in [0.15, 0.2) is 9.84 Å². The lowest BCUT2D eigenvalue weighted by molar-refractivity contribution is -0.127. The molecule has 2 atom stereocenters. The summed E-state index contributed by atoms with van der Waals surface area (Å²) in [6.07, 6.45) is 6.07. The van der Waals surface area contributed by atoms with E-state index in [4.69, 9.17) is 5.26 Å². The molecule has 1 aliphatic carbocycles. The molecule has 2 rings (SSSR count). The van der Waals surface area contributed by atoms with Crippen LogP contribution in [-0.2, 0) is 14.6 Å². The summed E-state index contributed by atoms with van der Waals surface area (Å²) in [6, 6.07) is 8.85. The lowest BCUT2D eigenvalue weighted by atomic mass is 9.77. The van der Waals surface area contributed by atoms with Crippen LogP contribution in [0.5, 0.6) is 0 Å². The highest BCUT2D eigenvalue weighted by atomic mass is 32.2. The van der Waals surface area contributed by atoms with Gasteiger partial charge in [0.05, 0.1) is 16.7 Å². The first-order valence-corrected chi connectivity index (χ1v) is 11.4. The number of sulfone groups is 1. The second kappa shape index (κ2) is 9.25. The van der Waals surface area contributed by atoms with Crippen molar-refractivity contribution in [1.29, 1.82) is 5.26 Å². The lowest BCUT2D eigenvalue weighted by Gasteiger charge is -2.30. The molecule has 0 saturated heterocycles. The van der Waals surface area contributed by atoms with Gasteiger partial charge in [-0.1, -0.05) is 12.8 Å². The summed E-state index contributed by atoms with van der Waals surface area (Å²) in [6.45, 7) is 0.00212. The maximum atomic E-state index is 12.6. The highest BCUT2D eigenvalue weighted by Crippen LogP contribution is 2.33. The molecule has 1 saturated carbocycles. The summed E-state index contributed by atoms with van der Waals surface area (Å²) in [4.78, 5) is 13.6. The van der Waals surface area contributed by atoms with Crippen LogP contribution >= 0.6 is 11.8 Å². The number of carbonyl (C=O) groups is 1. The van der Waals surface area contributed by atoms with Gasteiger partial charge in [-0.15, -0.1) is 11.8 Å². The molecule has 7 heteroatoms. The number of nitrogens with one attached hydrogen (secondary N) is 1. The average molecular weight is 381 g/mol. The summed E-state index contributed by atoms with van der Waals surface area (Å²) in [7, 11) is -3.34. The van der Waals surface area contributed by atoms with Crippen LogP contribution in [0.4, 0.5) is 0 Å². The smallest absolute Gasteiger partial charge is 0.224 e. The number of nitriles is 1. The Morgan fingerprint density at radius 2 is 1.96 bits per heavy atom. The van der Waals surface area contributed by atoms with E-state index >= 15 is 0 Å². The van der Waals surface area contributed by atoms with E-state index in [1.165, 1.54) is 0 Å². The van der Waals surface area contributed by atoms with Crippen LogP contribution < -0.4 is 5.32 Å². The monoisotopic (exact) mass is 380 g/mol. The van der Waals surface area contributed by atoms with Crippen LogP contribution in [0.15, 0.2) is 34.1 Å². The van der Waals surface area contributed by atoms with Gasteiger partial charge in [0.25, 0.3) is 0 Å². The first-order chi connectivity index (χ1) is 12.0. The van der Waals surface area contributed by atoms with Crippen molar-refractivity contribution >= 4 is 27.5 Å². The molecule has 0 spiro atoms. The zero-order valence-corrected chi connectivity index (χ0v) is 16.0. The third-order valence-corrected chi connectivity index (χ3v) is 7.27. The maximum absolute atomic E-state index is 12.6. The fourth-order valence-electron chi connectivity index (χ4n) is 3.36. The molecule has 0 aliphatic heterocycles. The van der Waals surface area contributed by atoms with E-state index in [9.17, 15) is 13.2 Å². The minimum Gasteiger partial charge on any atom is -0.343 e. The zero-order valence-electron chi connectivity index (χ0n) is 14.4. The molecular formula is C18H24N2O3S2. The molecular weight excluding hydrogens is 356 g/mol. The predicted molar refractivity (Wildman–Crippen MR) is 99.0 cm³/mol. The fourth-order valence-corrected chi connectivity index (χ4v) is 5.17. The van der Waals surface area contributed by atoms with Crippen molar-refractivity contribution in [3.8, 4) is 6.07 Å². The molecule has 1 aromatic rings. The van der Waals surface area contributed by atoms with Crippen LogP contribution in [0, 0.1) is 23.2 Å². The second-order valence-electron chi connectivity index (χ2n) is 6.31. The van der Waals surface area contributed by atoms with E-state index in [2.05, 4.69) is 5.32 Å². The Balaban J connectivity index is 2.01. The summed E-state index contributed by atoms with van der Waals surface area (Å²) < 4.78 is 25.1. The van der Waals surface area contributed by atoms with Gasteiger partial charge in [-0.05, 0) is 55.7 Å². The molecule has 0 unspecified atom stereocenters. The van der Waals surface area contributed by atoms with Crippen LogP contribution in [-0.4, -0.2) is 32.9 Å². The molecule has 1 N–H and O–H groups in total. The van der Waals surface area contributed by atoms with Gasteiger partial charge >= 0.3 is 0 Å². The van der Waals surface area contributed by atoms with E-state index in [0.717, 1.165) is 30.6 Å². The molecule has 0 aromatic heterocycles. The van der Waals surface area contributed by atoms with Gasteiger partial charge in [0, 0.05) is 10.8 Å². The van der Waals surface area contributed by atoms with E-state index in [1.54, 1.807) is 23.9 Å². The lowest BCUT2D eigenvalue weighted by Crippen LogP contribution is -2.37. The molecule has 1 aromatic carbocycles. The molecule has 1 aliphatic rings. The Hall–Kier alpha value is -1.52. The topological polar surface area (TPSA) is 87.0 Å². The Morgan fingerprint density at radius 1 is 1.28 bits per heavy atom. The molecule has 1 fully saturated rings. The predicted octanol–water partition coefficient (Wildman–Crippen LogP) is 3.02. The van der Waals surface area contributed by atoms with Crippen molar-refractivity contribution < 1.29 is 13.2 Å². The fraction of sp³-hybridized carbons (Fsp3) is 0.556. The molecule has 1 amide bonds. The minimum absolute atomic E-state index is 0.00212. The molecule has 0 radical (unpaired) electrons. The largest absolute Gasteiger partial charge is 0.343 e. The summed E-state index contributed by atoms with van der Waals surface area (Å²) in [5, 5.41) is 11.2. The molecule has 25 heavy (non-hydrogen) atoms. The van der Waals surface area contributed by atoms with Crippen molar-refractivity contribution in [2.45, 2.75) is 41.9 Å². The quantitative estimate of drug-likeness (QED) is 0.580. The highest BCUT2D eigenvalue weighted by Gasteiger charge is 2.31. The Labute approximate surface area is 154 Å². The van der Waals surface area contributed by atoms with Gasteiger partial charge < -0.3 is 5.32 Å². The average Bonchev–Trinajstić information content (AvgIpc) is 2.64. The van der Waals surface area contributed by atoms with Gasteiger partial charge in [0.1, 0.15) is 6.54 Å². The van der Waals surface area contributed by atoms with Crippen molar-refractivity contribution in [3.05, 3.63) is 24.3 Å². The number of amides is 1. The number of hydrogen-bond acceptors (Lipinski definition) is 5. The summed E-state index contributed by atoms with van der Waals surface area (Å²) in [5.74, 6) is -0.185. The zero-order chi connectivity index (χ0) is 18.3. The van der Waals surface area contributed by atoms with E-state index in [-0.39, 0.29) is 30.0 Å². The maximum Gasteiger partial charge on any atom is 0.224 e. The van der Waals surface area contributed by atoms with Gasteiger partial charge in [-0.3, -0.25) is 4.79 Å². The molecule has 0 bridgehead atoms. The Morgan fingerprint density at radius 3 is 2.60 bits per heavy atom. The SMILES string of the molecule is CSc1ccc(S(=O)(=O)CC[C@@H]2CCCC[C@H]2C(=O)NCC#N)cc1. The third kappa shape index (κ3) is 5.48. The van der Waals surface area contributed by atoms with Crippen molar-refractivity contribution in [2.24, 2.45) is 11.8 Å². The highest BCUT2D eigenvalue weighted by molar-refractivity contribution is 7.98. The normalized spacial score (nSPS) is 20.6. The number of thioether (sulfide) groups is 1. The molecule has 136 valence electrons. The van der Waals surface area contributed by atoms with Crippen LogP contribution in [0.1, 0.15) is 32.1 Å². The first-order valence-electron chi connectivity index (χ1n) is 8.49. The standard InChI is InChI=1S/C18H24N2O3S2/c1-24-15-6-8-16(9-7-15)25(22,23)13-10-14-4-2-3-5-17(14)18(21)20-12-11-19/h6-9,14,17H,2-5,10,12-13H2,1H3,(H,20,21)/t14-,17+/m0/s1. The number of carbonyl (C=O) groups excluding carboxylic acids is 1. The van der Waals surface area contributed by atoms with Gasteiger partial charge in [0.2, 0.25) is 5.91 Å². The van der Waals surface area contributed by atoms with E-state index < -0.39 is 9.84 Å². The first kappa shape index (κ1) is 19.8. The van der Waals surface area contributed by atoms with Crippen molar-refractivity contribution in [3.63, 3.8) is 0 Å². The van der Waals surface area contributed by atoms with Crippen molar-refractivity contribution in [2.75, 3.05) is 18.6 Å². The van der Waals surface area contributed by atoms with Crippen LogP contribution in [0.3, 0.4) is 0 Å². The Bertz CT molecular complexity index is 724. The minimum atomic E-state index is -3.34. The third-order valence-electron chi connectivity index (χ3n) is 4.76. The number of hydrogen-bond donors (Lipinski definition) is 1. The number of nitrogens with zero attached hydrogens (tertiary/aromatic N) is 1. The van der Waals surface area contributed by atoms with E-state index in [1.807, 2.05) is 24.5 Å². The molecule has 0 heterocycles. The Kier molecular flexibility index (Phi) is 7.33.